The minimum Gasteiger partial charge on any atom is -0.389 e. The Bertz CT molecular complexity index is 124. The highest BCUT2D eigenvalue weighted by Crippen LogP contribution is 2.32. The van der Waals surface area contributed by atoms with Crippen LogP contribution in [0.2, 0.25) is 0 Å². The van der Waals surface area contributed by atoms with Gasteiger partial charge in [0, 0.05) is 13.2 Å². The maximum absolute atomic E-state index is 10.3. The van der Waals surface area contributed by atoms with Crippen molar-refractivity contribution in [2.75, 3.05) is 13.2 Å². The number of hydrogen-bond acceptors (Lipinski definition) is 2. The molecule has 2 nitrogen and oxygen atoms in total. The molecule has 0 bridgehead atoms. The van der Waals surface area contributed by atoms with Crippen LogP contribution in [0.1, 0.15) is 39.5 Å². The molecule has 0 unspecified atom stereocenters. The molecule has 72 valence electrons. The van der Waals surface area contributed by atoms with Crippen molar-refractivity contribution < 1.29 is 9.84 Å². The molecule has 0 aliphatic carbocycles. The second-order valence-corrected chi connectivity index (χ2v) is 3.73. The van der Waals surface area contributed by atoms with Crippen molar-refractivity contribution in [2.45, 2.75) is 45.1 Å². The average molecular weight is 172 g/mol. The van der Waals surface area contributed by atoms with Crippen LogP contribution in [0.25, 0.3) is 0 Å². The first-order valence-corrected chi connectivity index (χ1v) is 5.03. The van der Waals surface area contributed by atoms with Gasteiger partial charge in [-0.15, -0.1) is 0 Å². The van der Waals surface area contributed by atoms with Crippen LogP contribution in [-0.4, -0.2) is 23.9 Å². The van der Waals surface area contributed by atoms with Gasteiger partial charge >= 0.3 is 0 Å². The molecule has 0 aromatic heterocycles. The minimum absolute atomic E-state index is 0.429. The standard InChI is InChI=1S/C10H20O2/c1-3-9(4-2)10(11)5-7-12-8-6-10/h9,11H,3-8H2,1-2H3. The van der Waals surface area contributed by atoms with Gasteiger partial charge in [-0.25, -0.2) is 0 Å². The summed E-state index contributed by atoms with van der Waals surface area (Å²) in [5.41, 5.74) is -0.429. The summed E-state index contributed by atoms with van der Waals surface area (Å²) in [6.07, 6.45) is 3.79. The molecule has 12 heavy (non-hydrogen) atoms. The van der Waals surface area contributed by atoms with Crippen molar-refractivity contribution in [3.8, 4) is 0 Å². The summed E-state index contributed by atoms with van der Waals surface area (Å²) in [6, 6.07) is 0. The molecule has 0 atom stereocenters. The van der Waals surface area contributed by atoms with E-state index in [2.05, 4.69) is 13.8 Å². The maximum atomic E-state index is 10.3. The molecule has 1 aliphatic rings. The third-order valence-electron chi connectivity index (χ3n) is 3.10. The Morgan fingerprint density at radius 1 is 1.25 bits per heavy atom. The fourth-order valence-electron chi connectivity index (χ4n) is 2.18. The second kappa shape index (κ2) is 4.24. The lowest BCUT2D eigenvalue weighted by Crippen LogP contribution is -2.42. The van der Waals surface area contributed by atoms with Crippen LogP contribution < -0.4 is 0 Å². The normalized spacial score (nSPS) is 23.0. The number of rotatable bonds is 3. The molecule has 1 fully saturated rings. The lowest BCUT2D eigenvalue weighted by molar-refractivity contribution is -0.101. The number of ether oxygens (including phenoxy) is 1. The fourth-order valence-corrected chi connectivity index (χ4v) is 2.18. The molecule has 1 aliphatic heterocycles. The lowest BCUT2D eigenvalue weighted by atomic mass is 9.78. The monoisotopic (exact) mass is 172 g/mol. The third-order valence-corrected chi connectivity index (χ3v) is 3.10. The Hall–Kier alpha value is -0.0800. The zero-order valence-electron chi connectivity index (χ0n) is 8.18. The molecule has 0 aromatic rings. The van der Waals surface area contributed by atoms with Gasteiger partial charge in [-0.1, -0.05) is 26.7 Å². The summed E-state index contributed by atoms with van der Waals surface area (Å²) in [4.78, 5) is 0. The van der Waals surface area contributed by atoms with Gasteiger partial charge in [-0.2, -0.15) is 0 Å². The van der Waals surface area contributed by atoms with E-state index in [-0.39, 0.29) is 0 Å². The van der Waals surface area contributed by atoms with Gasteiger partial charge in [-0.3, -0.25) is 0 Å². The van der Waals surface area contributed by atoms with Crippen LogP contribution in [0, 0.1) is 5.92 Å². The van der Waals surface area contributed by atoms with E-state index < -0.39 is 5.60 Å². The van der Waals surface area contributed by atoms with Crippen LogP contribution in [0.4, 0.5) is 0 Å². The first-order chi connectivity index (χ1) is 5.73. The highest BCUT2D eigenvalue weighted by atomic mass is 16.5. The summed E-state index contributed by atoms with van der Waals surface area (Å²) >= 11 is 0. The maximum Gasteiger partial charge on any atom is 0.0719 e. The Labute approximate surface area is 74.9 Å². The molecule has 1 heterocycles. The van der Waals surface area contributed by atoms with Crippen LogP contribution in [-0.2, 0) is 4.74 Å². The summed E-state index contributed by atoms with van der Waals surface area (Å²) in [5.74, 6) is 0.460. The largest absolute Gasteiger partial charge is 0.389 e. The first kappa shape index (κ1) is 10.0. The predicted molar refractivity (Wildman–Crippen MR) is 49.1 cm³/mol. The number of aliphatic hydroxyl groups is 1. The van der Waals surface area contributed by atoms with Gasteiger partial charge in [-0.05, 0) is 18.8 Å². The molecule has 0 spiro atoms. The SMILES string of the molecule is CCC(CC)C1(O)CCOCC1. The van der Waals surface area contributed by atoms with Crippen molar-refractivity contribution >= 4 is 0 Å². The van der Waals surface area contributed by atoms with Crippen molar-refractivity contribution in [3.05, 3.63) is 0 Å². The van der Waals surface area contributed by atoms with Gasteiger partial charge in [0.15, 0.2) is 0 Å². The third kappa shape index (κ3) is 1.99. The molecule has 2 heteroatoms. The van der Waals surface area contributed by atoms with Gasteiger partial charge in [0.2, 0.25) is 0 Å². The Balaban J connectivity index is 2.53. The minimum atomic E-state index is -0.429. The van der Waals surface area contributed by atoms with E-state index in [1.165, 1.54) is 0 Å². The van der Waals surface area contributed by atoms with Crippen LogP contribution in [0.15, 0.2) is 0 Å². The fraction of sp³-hybridized carbons (Fsp3) is 1.00. The van der Waals surface area contributed by atoms with Gasteiger partial charge < -0.3 is 9.84 Å². The van der Waals surface area contributed by atoms with E-state index in [9.17, 15) is 5.11 Å². The van der Waals surface area contributed by atoms with E-state index in [0.29, 0.717) is 5.92 Å². The van der Waals surface area contributed by atoms with Crippen molar-refractivity contribution in [1.82, 2.24) is 0 Å². The van der Waals surface area contributed by atoms with Crippen LogP contribution in [0.3, 0.4) is 0 Å². The summed E-state index contributed by atoms with van der Waals surface area (Å²) in [7, 11) is 0. The zero-order chi connectivity index (χ0) is 9.03. The van der Waals surface area contributed by atoms with E-state index in [0.717, 1.165) is 38.9 Å². The quantitative estimate of drug-likeness (QED) is 0.705. The smallest absolute Gasteiger partial charge is 0.0719 e. The predicted octanol–water partition coefficient (Wildman–Crippen LogP) is 1.96. The van der Waals surface area contributed by atoms with Crippen LogP contribution >= 0.6 is 0 Å². The van der Waals surface area contributed by atoms with E-state index >= 15 is 0 Å². The summed E-state index contributed by atoms with van der Waals surface area (Å²) < 4.78 is 5.24. The molecule has 1 saturated heterocycles. The molecule has 0 saturated carbocycles. The molecule has 1 N–H and O–H groups in total. The Kier molecular flexibility index (Phi) is 3.53. The molecule has 0 aromatic carbocycles. The zero-order valence-corrected chi connectivity index (χ0v) is 8.18. The van der Waals surface area contributed by atoms with Crippen LogP contribution in [0.5, 0.6) is 0 Å². The van der Waals surface area contributed by atoms with Crippen molar-refractivity contribution in [1.29, 1.82) is 0 Å². The second-order valence-electron chi connectivity index (χ2n) is 3.73. The van der Waals surface area contributed by atoms with Crippen molar-refractivity contribution in [2.24, 2.45) is 5.92 Å². The molecule has 1 rings (SSSR count). The number of hydrogen-bond donors (Lipinski definition) is 1. The van der Waals surface area contributed by atoms with E-state index in [1.54, 1.807) is 0 Å². The highest BCUT2D eigenvalue weighted by molar-refractivity contribution is 4.87. The topological polar surface area (TPSA) is 29.5 Å². The lowest BCUT2D eigenvalue weighted by Gasteiger charge is -2.38. The van der Waals surface area contributed by atoms with Gasteiger partial charge in [0.05, 0.1) is 5.60 Å². The van der Waals surface area contributed by atoms with Gasteiger partial charge in [0.25, 0.3) is 0 Å². The average Bonchev–Trinajstić information content (AvgIpc) is 2.07. The Morgan fingerprint density at radius 3 is 2.17 bits per heavy atom. The van der Waals surface area contributed by atoms with E-state index in [4.69, 9.17) is 4.74 Å². The highest BCUT2D eigenvalue weighted by Gasteiger charge is 2.35. The van der Waals surface area contributed by atoms with Gasteiger partial charge in [0.1, 0.15) is 0 Å². The van der Waals surface area contributed by atoms with E-state index in [1.807, 2.05) is 0 Å². The molecule has 0 amide bonds. The van der Waals surface area contributed by atoms with Crippen molar-refractivity contribution in [3.63, 3.8) is 0 Å². The Morgan fingerprint density at radius 2 is 1.75 bits per heavy atom. The summed E-state index contributed by atoms with van der Waals surface area (Å²) in [6.45, 7) is 5.77. The molecule has 0 radical (unpaired) electrons. The summed E-state index contributed by atoms with van der Waals surface area (Å²) in [5, 5.41) is 10.3. The molecular weight excluding hydrogens is 152 g/mol. The first-order valence-electron chi connectivity index (χ1n) is 5.03. The molecular formula is C10H20O2.